The zero-order valence-electron chi connectivity index (χ0n) is 7.31. The highest BCUT2D eigenvalue weighted by Gasteiger charge is 2.09. The second-order valence-corrected chi connectivity index (χ2v) is 4.02. The number of carboxylic acid groups (broad SMARTS) is 1. The fourth-order valence-corrected chi connectivity index (χ4v) is 1.77. The maximum atomic E-state index is 12.5. The van der Waals surface area contributed by atoms with Gasteiger partial charge in [0.05, 0.1) is 11.8 Å². The van der Waals surface area contributed by atoms with Gasteiger partial charge in [0.1, 0.15) is 5.82 Å². The van der Waals surface area contributed by atoms with Crippen LogP contribution < -0.4 is 5.73 Å². The van der Waals surface area contributed by atoms with Crippen molar-refractivity contribution in [3.8, 4) is 0 Å². The van der Waals surface area contributed by atoms with Crippen molar-refractivity contribution in [2.24, 2.45) is 5.73 Å². The standard InChI is InChI=1S/C9H10FNO2S/c10-6-1-3-7(4-2-6)14-8(11)5-9(12)13/h1-4,8H,5,11H2,(H,12,13). The van der Waals surface area contributed by atoms with Crippen molar-refractivity contribution >= 4 is 17.7 Å². The van der Waals surface area contributed by atoms with Crippen molar-refractivity contribution in [2.75, 3.05) is 0 Å². The van der Waals surface area contributed by atoms with Crippen LogP contribution in [0.15, 0.2) is 29.2 Å². The normalized spacial score (nSPS) is 12.4. The van der Waals surface area contributed by atoms with E-state index in [0.717, 1.165) is 4.90 Å². The van der Waals surface area contributed by atoms with Crippen LogP contribution in [0.3, 0.4) is 0 Å². The molecule has 0 amide bonds. The Morgan fingerprint density at radius 2 is 2.07 bits per heavy atom. The molecule has 1 unspecified atom stereocenters. The molecule has 14 heavy (non-hydrogen) atoms. The van der Waals surface area contributed by atoms with Crippen LogP contribution in [-0.2, 0) is 4.79 Å². The van der Waals surface area contributed by atoms with Crippen molar-refractivity contribution < 1.29 is 14.3 Å². The van der Waals surface area contributed by atoms with Gasteiger partial charge in [-0.15, -0.1) is 11.8 Å². The smallest absolute Gasteiger partial charge is 0.305 e. The highest BCUT2D eigenvalue weighted by Crippen LogP contribution is 2.22. The third-order valence-electron chi connectivity index (χ3n) is 1.48. The van der Waals surface area contributed by atoms with Crippen LogP contribution in [0.5, 0.6) is 0 Å². The Kier molecular flexibility index (Phi) is 3.91. The van der Waals surface area contributed by atoms with Gasteiger partial charge in [-0.3, -0.25) is 4.79 Å². The number of carbonyl (C=O) groups is 1. The maximum absolute atomic E-state index is 12.5. The quantitative estimate of drug-likeness (QED) is 0.592. The summed E-state index contributed by atoms with van der Waals surface area (Å²) in [5, 5.41) is 7.95. The Labute approximate surface area is 85.1 Å². The van der Waals surface area contributed by atoms with Gasteiger partial charge in [0.15, 0.2) is 0 Å². The Morgan fingerprint density at radius 3 is 2.57 bits per heavy atom. The maximum Gasteiger partial charge on any atom is 0.305 e. The Bertz CT molecular complexity index is 315. The lowest BCUT2D eigenvalue weighted by molar-refractivity contribution is -0.136. The Hall–Kier alpha value is -1.07. The molecule has 1 aromatic rings. The average molecular weight is 215 g/mol. The number of thioether (sulfide) groups is 1. The molecule has 0 saturated heterocycles. The molecule has 0 aliphatic rings. The summed E-state index contributed by atoms with van der Waals surface area (Å²) in [6.07, 6.45) is -0.109. The first-order valence-corrected chi connectivity index (χ1v) is 4.85. The molecule has 0 fully saturated rings. The van der Waals surface area contributed by atoms with Crippen LogP contribution >= 0.6 is 11.8 Å². The van der Waals surface area contributed by atoms with Gasteiger partial charge in [0.2, 0.25) is 0 Å². The largest absolute Gasteiger partial charge is 0.481 e. The summed E-state index contributed by atoms with van der Waals surface area (Å²) in [5.74, 6) is -1.26. The number of aliphatic carboxylic acids is 1. The van der Waals surface area contributed by atoms with Gasteiger partial charge in [0, 0.05) is 4.90 Å². The first-order valence-electron chi connectivity index (χ1n) is 3.97. The molecule has 3 nitrogen and oxygen atoms in total. The molecule has 1 aromatic carbocycles. The van der Waals surface area contributed by atoms with E-state index < -0.39 is 11.3 Å². The minimum atomic E-state index is -0.938. The van der Waals surface area contributed by atoms with Crippen LogP contribution in [-0.4, -0.2) is 16.4 Å². The number of hydrogen-bond donors (Lipinski definition) is 2. The minimum Gasteiger partial charge on any atom is -0.481 e. The molecule has 0 saturated carbocycles. The van der Waals surface area contributed by atoms with E-state index in [1.165, 1.54) is 23.9 Å². The predicted molar refractivity (Wildman–Crippen MR) is 52.5 cm³/mol. The molecule has 76 valence electrons. The van der Waals surface area contributed by atoms with Crippen molar-refractivity contribution in [1.82, 2.24) is 0 Å². The molecule has 0 spiro atoms. The second kappa shape index (κ2) is 4.97. The van der Waals surface area contributed by atoms with Crippen molar-refractivity contribution in [3.05, 3.63) is 30.1 Å². The lowest BCUT2D eigenvalue weighted by Gasteiger charge is -2.07. The van der Waals surface area contributed by atoms with Crippen LogP contribution in [0, 0.1) is 5.82 Å². The van der Waals surface area contributed by atoms with Gasteiger partial charge in [-0.25, -0.2) is 4.39 Å². The molecular weight excluding hydrogens is 205 g/mol. The van der Waals surface area contributed by atoms with Crippen LogP contribution in [0.4, 0.5) is 4.39 Å². The number of carboxylic acids is 1. The topological polar surface area (TPSA) is 63.3 Å². The fourth-order valence-electron chi connectivity index (χ4n) is 0.902. The van der Waals surface area contributed by atoms with E-state index in [4.69, 9.17) is 10.8 Å². The molecule has 3 N–H and O–H groups in total. The van der Waals surface area contributed by atoms with Crippen LogP contribution in [0.2, 0.25) is 0 Å². The number of benzene rings is 1. The third-order valence-corrected chi connectivity index (χ3v) is 2.49. The first kappa shape index (κ1) is 11.0. The van der Waals surface area contributed by atoms with Gasteiger partial charge in [0.25, 0.3) is 0 Å². The summed E-state index contributed by atoms with van der Waals surface area (Å²) >= 11 is 1.21. The van der Waals surface area contributed by atoms with E-state index in [0.29, 0.717) is 0 Å². The highest BCUT2D eigenvalue weighted by molar-refractivity contribution is 7.99. The molecule has 0 radical (unpaired) electrons. The Morgan fingerprint density at radius 1 is 1.50 bits per heavy atom. The van der Waals surface area contributed by atoms with Crippen molar-refractivity contribution in [3.63, 3.8) is 0 Å². The first-order chi connectivity index (χ1) is 6.58. The van der Waals surface area contributed by atoms with Crippen molar-refractivity contribution in [2.45, 2.75) is 16.7 Å². The summed E-state index contributed by atoms with van der Waals surface area (Å²) < 4.78 is 12.5. The number of rotatable bonds is 4. The molecule has 0 heterocycles. The molecule has 0 aliphatic heterocycles. The van der Waals surface area contributed by atoms with Gasteiger partial charge in [-0.05, 0) is 24.3 Å². The zero-order valence-corrected chi connectivity index (χ0v) is 8.13. The van der Waals surface area contributed by atoms with Gasteiger partial charge in [-0.2, -0.15) is 0 Å². The summed E-state index contributed by atoms with van der Waals surface area (Å²) in [7, 11) is 0. The van der Waals surface area contributed by atoms with E-state index in [1.54, 1.807) is 12.1 Å². The molecule has 5 heteroatoms. The molecule has 1 rings (SSSR count). The molecule has 1 atom stereocenters. The number of halogens is 1. The van der Waals surface area contributed by atoms with Gasteiger partial charge < -0.3 is 10.8 Å². The lowest BCUT2D eigenvalue weighted by atomic mass is 10.3. The minimum absolute atomic E-state index is 0.109. The second-order valence-electron chi connectivity index (χ2n) is 2.71. The summed E-state index contributed by atoms with van der Waals surface area (Å²) in [5.41, 5.74) is 5.53. The fraction of sp³-hybridized carbons (Fsp3) is 0.222. The van der Waals surface area contributed by atoms with Crippen LogP contribution in [0.25, 0.3) is 0 Å². The Balaban J connectivity index is 2.51. The molecule has 0 aliphatic carbocycles. The van der Waals surface area contributed by atoms with E-state index in [2.05, 4.69) is 0 Å². The molecular formula is C9H10FNO2S. The third kappa shape index (κ3) is 3.76. The van der Waals surface area contributed by atoms with Crippen molar-refractivity contribution in [1.29, 1.82) is 0 Å². The zero-order chi connectivity index (χ0) is 10.6. The monoisotopic (exact) mass is 215 g/mol. The van der Waals surface area contributed by atoms with Gasteiger partial charge >= 0.3 is 5.97 Å². The van der Waals surface area contributed by atoms with Crippen LogP contribution in [0.1, 0.15) is 6.42 Å². The summed E-state index contributed by atoms with van der Waals surface area (Å²) in [6.45, 7) is 0. The highest BCUT2D eigenvalue weighted by atomic mass is 32.2. The van der Waals surface area contributed by atoms with E-state index in [9.17, 15) is 9.18 Å². The van der Waals surface area contributed by atoms with Gasteiger partial charge in [-0.1, -0.05) is 0 Å². The van der Waals surface area contributed by atoms with E-state index in [1.807, 2.05) is 0 Å². The average Bonchev–Trinajstić information content (AvgIpc) is 2.07. The predicted octanol–water partition coefficient (Wildman–Crippen LogP) is 1.68. The summed E-state index contributed by atoms with van der Waals surface area (Å²) in [4.78, 5) is 11.1. The SMILES string of the molecule is NC(CC(=O)O)Sc1ccc(F)cc1. The lowest BCUT2D eigenvalue weighted by Crippen LogP contribution is -2.19. The summed E-state index contributed by atoms with van der Waals surface area (Å²) in [6, 6.07) is 5.77. The van der Waals surface area contributed by atoms with E-state index >= 15 is 0 Å². The number of nitrogens with two attached hydrogens (primary N) is 1. The number of hydrogen-bond acceptors (Lipinski definition) is 3. The molecule has 0 bridgehead atoms. The molecule has 0 aromatic heterocycles. The van der Waals surface area contributed by atoms with E-state index in [-0.39, 0.29) is 12.2 Å².